The minimum atomic E-state index is 0.862. The average Bonchev–Trinajstić information content (AvgIpc) is 3.28. The van der Waals surface area contributed by atoms with Gasteiger partial charge >= 0.3 is 0 Å². The molecule has 6 aromatic rings. The SMILES string of the molecule is COc1ccc(-c2c3c(c(-c4ccc(OC)cc4)c4ccccc24)-c2ccc(C)c4cccc-3c24)cc1. The van der Waals surface area contributed by atoms with E-state index in [9.17, 15) is 0 Å². The van der Waals surface area contributed by atoms with Crippen LogP contribution in [0.5, 0.6) is 11.5 Å². The molecule has 0 fully saturated rings. The average molecular weight is 479 g/mol. The topological polar surface area (TPSA) is 18.5 Å². The number of ether oxygens (including phenoxy) is 2. The van der Waals surface area contributed by atoms with Crippen LogP contribution in [0.15, 0.2) is 103 Å². The first-order valence-electron chi connectivity index (χ1n) is 12.6. The number of hydrogen-bond donors (Lipinski definition) is 0. The fraction of sp³-hybridized carbons (Fsp3) is 0.0857. The fourth-order valence-electron chi connectivity index (χ4n) is 6.06. The van der Waals surface area contributed by atoms with E-state index >= 15 is 0 Å². The highest BCUT2D eigenvalue weighted by Gasteiger charge is 2.30. The van der Waals surface area contributed by atoms with Gasteiger partial charge in [0.05, 0.1) is 14.2 Å². The Morgan fingerprint density at radius 3 is 1.43 bits per heavy atom. The van der Waals surface area contributed by atoms with Crippen molar-refractivity contribution >= 4 is 21.5 Å². The van der Waals surface area contributed by atoms with Crippen LogP contribution in [-0.4, -0.2) is 14.2 Å². The van der Waals surface area contributed by atoms with Crippen LogP contribution in [-0.2, 0) is 0 Å². The molecule has 7 rings (SSSR count). The van der Waals surface area contributed by atoms with E-state index in [1.165, 1.54) is 71.6 Å². The first-order chi connectivity index (χ1) is 18.2. The lowest BCUT2D eigenvalue weighted by Crippen LogP contribution is -1.94. The van der Waals surface area contributed by atoms with Crippen LogP contribution in [0.2, 0.25) is 0 Å². The molecule has 178 valence electrons. The second kappa shape index (κ2) is 8.25. The van der Waals surface area contributed by atoms with Crippen molar-refractivity contribution in [2.45, 2.75) is 6.92 Å². The van der Waals surface area contributed by atoms with Crippen LogP contribution >= 0.6 is 0 Å². The monoisotopic (exact) mass is 478 g/mol. The van der Waals surface area contributed by atoms with E-state index in [0.717, 1.165) is 11.5 Å². The second-order valence-electron chi connectivity index (χ2n) is 9.66. The molecule has 0 spiro atoms. The van der Waals surface area contributed by atoms with Crippen molar-refractivity contribution < 1.29 is 9.47 Å². The predicted molar refractivity (Wildman–Crippen MR) is 155 cm³/mol. The maximum Gasteiger partial charge on any atom is 0.118 e. The third-order valence-corrected chi connectivity index (χ3v) is 7.77. The van der Waals surface area contributed by atoms with Crippen molar-refractivity contribution in [3.8, 4) is 56.0 Å². The number of benzene rings is 6. The van der Waals surface area contributed by atoms with Gasteiger partial charge in [0, 0.05) is 0 Å². The van der Waals surface area contributed by atoms with Gasteiger partial charge in [0.1, 0.15) is 11.5 Å². The molecule has 0 unspecified atom stereocenters. The molecular formula is C35H26O2. The molecule has 2 nitrogen and oxygen atoms in total. The molecule has 1 aliphatic rings. The Morgan fingerprint density at radius 1 is 0.432 bits per heavy atom. The molecule has 0 heterocycles. The number of fused-ring (bicyclic) bond motifs is 4. The third kappa shape index (κ3) is 3.12. The fourth-order valence-corrected chi connectivity index (χ4v) is 6.06. The van der Waals surface area contributed by atoms with Crippen LogP contribution in [0.1, 0.15) is 5.56 Å². The van der Waals surface area contributed by atoms with Crippen LogP contribution in [0.3, 0.4) is 0 Å². The highest BCUT2D eigenvalue weighted by atomic mass is 16.5. The Balaban J connectivity index is 1.69. The van der Waals surface area contributed by atoms with Crippen molar-refractivity contribution in [3.05, 3.63) is 109 Å². The molecule has 0 saturated heterocycles. The molecule has 0 amide bonds. The van der Waals surface area contributed by atoms with Gasteiger partial charge in [-0.1, -0.05) is 78.9 Å². The van der Waals surface area contributed by atoms with E-state index in [1.807, 2.05) is 0 Å². The predicted octanol–water partition coefficient (Wildman–Crippen LogP) is 9.30. The van der Waals surface area contributed by atoms with E-state index in [1.54, 1.807) is 14.2 Å². The minimum absolute atomic E-state index is 0.862. The third-order valence-electron chi connectivity index (χ3n) is 7.77. The van der Waals surface area contributed by atoms with Gasteiger partial charge in [-0.25, -0.2) is 0 Å². The first kappa shape index (κ1) is 21.7. The Morgan fingerprint density at radius 2 is 0.919 bits per heavy atom. The maximum atomic E-state index is 5.48. The van der Waals surface area contributed by atoms with E-state index in [4.69, 9.17) is 9.47 Å². The smallest absolute Gasteiger partial charge is 0.118 e. The summed E-state index contributed by atoms with van der Waals surface area (Å²) in [5.74, 6) is 1.72. The van der Waals surface area contributed by atoms with Crippen LogP contribution < -0.4 is 9.47 Å². The summed E-state index contributed by atoms with van der Waals surface area (Å²) >= 11 is 0. The van der Waals surface area contributed by atoms with Crippen molar-refractivity contribution in [1.82, 2.24) is 0 Å². The summed E-state index contributed by atoms with van der Waals surface area (Å²) in [5, 5.41) is 5.16. The molecule has 0 aliphatic heterocycles. The highest BCUT2D eigenvalue weighted by molar-refractivity contribution is 6.27. The Hall–Kier alpha value is -4.56. The molecule has 0 N–H and O–H groups in total. The highest BCUT2D eigenvalue weighted by Crippen LogP contribution is 2.57. The number of aryl methyl sites for hydroxylation is 1. The van der Waals surface area contributed by atoms with Crippen molar-refractivity contribution in [2.75, 3.05) is 14.2 Å². The zero-order valence-corrected chi connectivity index (χ0v) is 21.1. The maximum absolute atomic E-state index is 5.48. The van der Waals surface area contributed by atoms with Crippen molar-refractivity contribution in [3.63, 3.8) is 0 Å². The van der Waals surface area contributed by atoms with Gasteiger partial charge in [0.25, 0.3) is 0 Å². The molecule has 0 radical (unpaired) electrons. The number of hydrogen-bond acceptors (Lipinski definition) is 2. The summed E-state index contributed by atoms with van der Waals surface area (Å²) in [6, 6.07) is 37.1. The Kier molecular flexibility index (Phi) is 4.84. The summed E-state index contributed by atoms with van der Waals surface area (Å²) in [5.41, 5.74) is 11.4. The lowest BCUT2D eigenvalue weighted by atomic mass is 9.82. The molecular weight excluding hydrogens is 452 g/mol. The molecule has 1 aliphatic carbocycles. The standard InChI is InChI=1S/C35H26O2/c1-21-11-20-30-33-26(21)9-6-10-29(33)34-31(22-12-16-24(36-2)17-13-22)27-7-4-5-8-28(27)32(35(30)34)23-14-18-25(37-3)19-15-23/h4-20H,1-3H3. The van der Waals surface area contributed by atoms with E-state index in [0.29, 0.717) is 0 Å². The van der Waals surface area contributed by atoms with Gasteiger partial charge < -0.3 is 9.47 Å². The van der Waals surface area contributed by atoms with Gasteiger partial charge in [-0.2, -0.15) is 0 Å². The minimum Gasteiger partial charge on any atom is -0.497 e. The summed E-state index contributed by atoms with van der Waals surface area (Å²) < 4.78 is 11.0. The Bertz CT molecular complexity index is 1730. The van der Waals surface area contributed by atoms with E-state index in [2.05, 4.69) is 110 Å². The second-order valence-corrected chi connectivity index (χ2v) is 9.66. The molecule has 2 heteroatoms. The molecule has 0 bridgehead atoms. The summed E-state index contributed by atoms with van der Waals surface area (Å²) in [6.07, 6.45) is 0. The molecule has 0 atom stereocenters. The van der Waals surface area contributed by atoms with Gasteiger partial charge in [-0.05, 0) is 103 Å². The summed E-state index contributed by atoms with van der Waals surface area (Å²) in [4.78, 5) is 0. The van der Waals surface area contributed by atoms with Crippen LogP contribution in [0.25, 0.3) is 66.1 Å². The Labute approximate surface area is 216 Å². The van der Waals surface area contributed by atoms with Crippen LogP contribution in [0.4, 0.5) is 0 Å². The van der Waals surface area contributed by atoms with Gasteiger partial charge in [-0.15, -0.1) is 0 Å². The summed E-state index contributed by atoms with van der Waals surface area (Å²) in [6.45, 7) is 2.21. The largest absolute Gasteiger partial charge is 0.497 e. The van der Waals surface area contributed by atoms with Crippen molar-refractivity contribution in [1.29, 1.82) is 0 Å². The van der Waals surface area contributed by atoms with Gasteiger partial charge in [-0.3, -0.25) is 0 Å². The quantitative estimate of drug-likeness (QED) is 0.251. The van der Waals surface area contributed by atoms with Gasteiger partial charge in [0.15, 0.2) is 0 Å². The van der Waals surface area contributed by atoms with E-state index < -0.39 is 0 Å². The van der Waals surface area contributed by atoms with E-state index in [-0.39, 0.29) is 0 Å². The molecule has 0 aromatic heterocycles. The normalized spacial score (nSPS) is 11.6. The molecule has 0 saturated carbocycles. The lowest BCUT2D eigenvalue weighted by Gasteiger charge is -2.20. The van der Waals surface area contributed by atoms with Crippen molar-refractivity contribution in [2.24, 2.45) is 0 Å². The lowest BCUT2D eigenvalue weighted by molar-refractivity contribution is 0.415. The number of rotatable bonds is 4. The zero-order chi connectivity index (χ0) is 25.1. The number of methoxy groups -OCH3 is 2. The zero-order valence-electron chi connectivity index (χ0n) is 21.1. The summed E-state index contributed by atoms with van der Waals surface area (Å²) in [7, 11) is 3.43. The van der Waals surface area contributed by atoms with Gasteiger partial charge in [0.2, 0.25) is 0 Å². The van der Waals surface area contributed by atoms with Crippen LogP contribution in [0, 0.1) is 6.92 Å². The molecule has 37 heavy (non-hydrogen) atoms. The first-order valence-corrected chi connectivity index (χ1v) is 12.6. The molecule has 6 aromatic carbocycles.